The summed E-state index contributed by atoms with van der Waals surface area (Å²) in [5.41, 5.74) is 12.0. The Morgan fingerprint density at radius 1 is 0.483 bits per heavy atom. The van der Waals surface area contributed by atoms with Gasteiger partial charge >= 0.3 is 0 Å². The third-order valence-electron chi connectivity index (χ3n) is 11.9. The lowest BCUT2D eigenvalue weighted by atomic mass is 9.62. The topological polar surface area (TPSA) is 44.2 Å². The molecule has 2 aliphatic heterocycles. The molecule has 0 spiro atoms. The van der Waals surface area contributed by atoms with Crippen molar-refractivity contribution >= 4 is 5.57 Å². The summed E-state index contributed by atoms with van der Waals surface area (Å²) in [5, 5.41) is 0. The number of allylic oxidation sites excluding steroid dienone is 4. The summed E-state index contributed by atoms with van der Waals surface area (Å²) in [5.74, 6) is 4.61. The maximum Gasteiger partial charge on any atom is 0.160 e. The van der Waals surface area contributed by atoms with Crippen molar-refractivity contribution < 1.29 is 9.47 Å². The van der Waals surface area contributed by atoms with Gasteiger partial charge < -0.3 is 9.47 Å². The molecule has 0 fully saturated rings. The van der Waals surface area contributed by atoms with E-state index in [1.165, 1.54) is 11.1 Å². The van der Waals surface area contributed by atoms with Crippen LogP contribution in [0.3, 0.4) is 0 Å². The van der Waals surface area contributed by atoms with E-state index in [0.29, 0.717) is 5.82 Å². The predicted octanol–water partition coefficient (Wildman–Crippen LogP) is 13.1. The normalized spacial score (nSPS) is 17.0. The Hall–Kier alpha value is -7.30. The van der Waals surface area contributed by atoms with Gasteiger partial charge in [0.2, 0.25) is 0 Å². The Morgan fingerprint density at radius 2 is 1.03 bits per heavy atom. The number of para-hydroxylation sites is 3. The molecule has 3 heterocycles. The zero-order valence-corrected chi connectivity index (χ0v) is 31.9. The van der Waals surface area contributed by atoms with Gasteiger partial charge in [0.05, 0.1) is 22.7 Å². The summed E-state index contributed by atoms with van der Waals surface area (Å²) in [6.07, 6.45) is 4.45. The second kappa shape index (κ2) is 13.7. The second-order valence-electron chi connectivity index (χ2n) is 15.3. The Balaban J connectivity index is 1.13. The third-order valence-corrected chi connectivity index (χ3v) is 11.9. The first-order chi connectivity index (χ1) is 28.7. The highest BCUT2D eigenvalue weighted by Crippen LogP contribution is 2.57. The van der Waals surface area contributed by atoms with Crippen LogP contribution in [0.1, 0.15) is 46.5 Å². The van der Waals surface area contributed by atoms with Gasteiger partial charge in [-0.25, -0.2) is 9.97 Å². The number of nitrogens with zero attached hydrogens (tertiary/aromatic N) is 2. The number of benzene rings is 7. The molecule has 276 valence electrons. The van der Waals surface area contributed by atoms with Crippen molar-refractivity contribution in [3.8, 4) is 50.9 Å². The molecule has 2 atom stereocenters. The summed E-state index contributed by atoms with van der Waals surface area (Å²) in [6, 6.07) is 66.2. The molecule has 0 N–H and O–H groups in total. The molecule has 0 bridgehead atoms. The molecular formula is C54H38N2O2. The molecule has 0 saturated carbocycles. The van der Waals surface area contributed by atoms with Crippen molar-refractivity contribution in [2.75, 3.05) is 0 Å². The van der Waals surface area contributed by atoms with Gasteiger partial charge in [0.1, 0.15) is 23.0 Å². The molecule has 1 aromatic heterocycles. The van der Waals surface area contributed by atoms with E-state index in [1.54, 1.807) is 0 Å². The van der Waals surface area contributed by atoms with E-state index in [9.17, 15) is 0 Å². The van der Waals surface area contributed by atoms with Crippen LogP contribution in [-0.2, 0) is 5.41 Å². The maximum absolute atomic E-state index is 6.66. The molecule has 8 aromatic rings. The minimum Gasteiger partial charge on any atom is -0.461 e. The molecule has 3 aliphatic rings. The highest BCUT2D eigenvalue weighted by atomic mass is 16.5. The number of aromatic nitrogens is 2. The third kappa shape index (κ3) is 5.37. The Labute approximate surface area is 338 Å². The maximum atomic E-state index is 6.66. The monoisotopic (exact) mass is 746 g/mol. The average Bonchev–Trinajstić information content (AvgIpc) is 3.68. The van der Waals surface area contributed by atoms with Crippen LogP contribution in [0.5, 0.6) is 17.2 Å². The molecule has 4 heteroatoms. The smallest absolute Gasteiger partial charge is 0.160 e. The number of fused-ring (bicyclic) bond motifs is 5. The fourth-order valence-electron chi connectivity index (χ4n) is 9.45. The summed E-state index contributed by atoms with van der Waals surface area (Å²) < 4.78 is 13.1. The van der Waals surface area contributed by atoms with Crippen LogP contribution in [0.15, 0.2) is 206 Å². The van der Waals surface area contributed by atoms with Crippen LogP contribution in [0.2, 0.25) is 0 Å². The van der Waals surface area contributed by atoms with E-state index in [0.717, 1.165) is 78.9 Å². The van der Waals surface area contributed by atoms with E-state index in [4.69, 9.17) is 19.4 Å². The van der Waals surface area contributed by atoms with E-state index in [-0.39, 0.29) is 11.8 Å². The molecule has 1 aliphatic carbocycles. The SMILES string of the molecule is CC1C=C(c2nc(-c3ccccc3)cc(-c3ccccc3-c3ccccc3C3(c4ccccc4)c4ccccc4Oc4ccccc43)n2)C=C2Oc3ccccc3C21. The van der Waals surface area contributed by atoms with Gasteiger partial charge in [0, 0.05) is 33.4 Å². The molecule has 0 radical (unpaired) electrons. The zero-order chi connectivity index (χ0) is 38.6. The fraction of sp³-hybridized carbons (Fsp3) is 0.0741. The van der Waals surface area contributed by atoms with E-state index >= 15 is 0 Å². The summed E-state index contributed by atoms with van der Waals surface area (Å²) in [7, 11) is 0. The van der Waals surface area contributed by atoms with Crippen molar-refractivity contribution in [3.63, 3.8) is 0 Å². The summed E-state index contributed by atoms with van der Waals surface area (Å²) in [4.78, 5) is 10.7. The van der Waals surface area contributed by atoms with Gasteiger partial charge in [-0.1, -0.05) is 177 Å². The zero-order valence-electron chi connectivity index (χ0n) is 31.9. The van der Waals surface area contributed by atoms with E-state index < -0.39 is 5.41 Å². The Bertz CT molecular complexity index is 2890. The molecule has 0 amide bonds. The van der Waals surface area contributed by atoms with Crippen LogP contribution in [0.4, 0.5) is 0 Å². The number of hydrogen-bond acceptors (Lipinski definition) is 4. The first kappa shape index (κ1) is 34.0. The van der Waals surface area contributed by atoms with E-state index in [2.05, 4.69) is 195 Å². The van der Waals surface area contributed by atoms with Crippen LogP contribution < -0.4 is 9.47 Å². The minimum atomic E-state index is -0.687. The quantitative estimate of drug-likeness (QED) is 0.170. The molecule has 7 aromatic carbocycles. The van der Waals surface area contributed by atoms with Crippen molar-refractivity contribution in [2.24, 2.45) is 5.92 Å². The van der Waals surface area contributed by atoms with Crippen molar-refractivity contribution in [2.45, 2.75) is 18.3 Å². The summed E-state index contributed by atoms with van der Waals surface area (Å²) >= 11 is 0. The largest absolute Gasteiger partial charge is 0.461 e. The first-order valence-electron chi connectivity index (χ1n) is 19.9. The van der Waals surface area contributed by atoms with Crippen molar-refractivity contribution in [1.82, 2.24) is 9.97 Å². The molecule has 0 saturated heterocycles. The minimum absolute atomic E-state index is 0.173. The van der Waals surface area contributed by atoms with Gasteiger partial charge in [-0.15, -0.1) is 0 Å². The van der Waals surface area contributed by atoms with Gasteiger partial charge in [-0.3, -0.25) is 0 Å². The second-order valence-corrected chi connectivity index (χ2v) is 15.3. The van der Waals surface area contributed by atoms with Crippen molar-refractivity contribution in [3.05, 3.63) is 240 Å². The van der Waals surface area contributed by atoms with Gasteiger partial charge in [0.25, 0.3) is 0 Å². The lowest BCUT2D eigenvalue weighted by Crippen LogP contribution is -2.34. The molecular weight excluding hydrogens is 709 g/mol. The standard InChI is InChI=1S/C54H38N2O2/c1-35-32-37(33-51-52(35)42-25-11-15-29-48(42)57-51)53-55-46(36-18-4-2-5-19-36)34-47(56-53)41-24-9-8-22-39(41)40-23-10-12-26-43(40)54(38-20-6-3-7-21-38)44-27-13-16-30-49(44)58-50-31-17-14-28-45(50)54/h2-35,52H,1H3. The lowest BCUT2D eigenvalue weighted by Gasteiger charge is -2.42. The van der Waals surface area contributed by atoms with Crippen molar-refractivity contribution in [1.29, 1.82) is 0 Å². The van der Waals surface area contributed by atoms with Crippen LogP contribution in [0, 0.1) is 5.92 Å². The van der Waals surface area contributed by atoms with Crippen LogP contribution in [0.25, 0.3) is 39.2 Å². The lowest BCUT2D eigenvalue weighted by molar-refractivity contribution is 0.405. The summed E-state index contributed by atoms with van der Waals surface area (Å²) in [6.45, 7) is 2.26. The Morgan fingerprint density at radius 3 is 1.76 bits per heavy atom. The van der Waals surface area contributed by atoms with E-state index in [1.807, 2.05) is 12.1 Å². The molecule has 58 heavy (non-hydrogen) atoms. The highest BCUT2D eigenvalue weighted by Gasteiger charge is 2.46. The predicted molar refractivity (Wildman–Crippen MR) is 232 cm³/mol. The van der Waals surface area contributed by atoms with Crippen LogP contribution in [-0.4, -0.2) is 9.97 Å². The number of rotatable bonds is 6. The van der Waals surface area contributed by atoms with Gasteiger partial charge in [-0.05, 0) is 58.5 Å². The molecule has 4 nitrogen and oxygen atoms in total. The Kier molecular flexibility index (Phi) is 8.04. The fourth-order valence-corrected chi connectivity index (χ4v) is 9.45. The number of ether oxygens (including phenoxy) is 2. The highest BCUT2D eigenvalue weighted by molar-refractivity contribution is 5.88. The van der Waals surface area contributed by atoms with Gasteiger partial charge in [-0.2, -0.15) is 0 Å². The van der Waals surface area contributed by atoms with Crippen LogP contribution >= 0.6 is 0 Å². The number of hydrogen-bond donors (Lipinski definition) is 0. The molecule has 11 rings (SSSR count). The van der Waals surface area contributed by atoms with Gasteiger partial charge in [0.15, 0.2) is 5.82 Å². The average molecular weight is 747 g/mol. The first-order valence-corrected chi connectivity index (χ1v) is 19.9. The molecule has 2 unspecified atom stereocenters.